The fourth-order valence-corrected chi connectivity index (χ4v) is 3.83. The second kappa shape index (κ2) is 9.14. The molecule has 2 aliphatic carbocycles. The zero-order valence-corrected chi connectivity index (χ0v) is 18.6. The molecular formula is C23H28N8O2. The molecule has 0 aromatic carbocycles. The molecule has 33 heavy (non-hydrogen) atoms. The van der Waals surface area contributed by atoms with Crippen LogP contribution >= 0.6 is 0 Å². The van der Waals surface area contributed by atoms with Crippen molar-refractivity contribution in [3.05, 3.63) is 42.1 Å². The Labute approximate surface area is 191 Å². The lowest BCUT2D eigenvalue weighted by molar-refractivity contribution is -0.117. The molecule has 3 N–H and O–H groups in total. The van der Waals surface area contributed by atoms with Gasteiger partial charge in [0.25, 0.3) is 0 Å². The third-order valence-corrected chi connectivity index (χ3v) is 6.01. The first-order valence-corrected chi connectivity index (χ1v) is 11.4. The summed E-state index contributed by atoms with van der Waals surface area (Å²) in [5.74, 6) is 1.78. The summed E-state index contributed by atoms with van der Waals surface area (Å²) in [4.78, 5) is 38.7. The van der Waals surface area contributed by atoms with E-state index in [0.29, 0.717) is 37.2 Å². The average molecular weight is 449 g/mol. The predicted molar refractivity (Wildman–Crippen MR) is 125 cm³/mol. The Bertz CT molecular complexity index is 1170. The van der Waals surface area contributed by atoms with E-state index < -0.39 is 0 Å². The summed E-state index contributed by atoms with van der Waals surface area (Å²) in [6.07, 6.45) is 10.6. The number of carbonyl (C=O) groups excluding carboxylic acids is 2. The molecular weight excluding hydrogens is 420 g/mol. The monoisotopic (exact) mass is 448 g/mol. The molecule has 2 saturated carbocycles. The van der Waals surface area contributed by atoms with Crippen LogP contribution in [0.5, 0.6) is 0 Å². The van der Waals surface area contributed by atoms with E-state index in [0.717, 1.165) is 36.3 Å². The number of aromatic nitrogens is 4. The number of nitrogens with one attached hydrogen (secondary N) is 3. The van der Waals surface area contributed by atoms with Crippen LogP contribution in [0.3, 0.4) is 0 Å². The summed E-state index contributed by atoms with van der Waals surface area (Å²) in [5, 5.41) is 9.19. The van der Waals surface area contributed by atoms with E-state index in [1.54, 1.807) is 11.0 Å². The van der Waals surface area contributed by atoms with Crippen LogP contribution in [0.2, 0.25) is 0 Å². The molecule has 0 atom stereocenters. The average Bonchev–Trinajstić information content (AvgIpc) is 3.74. The van der Waals surface area contributed by atoms with Crippen LogP contribution in [0.25, 0.3) is 5.65 Å². The summed E-state index contributed by atoms with van der Waals surface area (Å²) in [5.41, 5.74) is 3.63. The number of amides is 2. The van der Waals surface area contributed by atoms with Crippen molar-refractivity contribution in [2.45, 2.75) is 38.1 Å². The van der Waals surface area contributed by atoms with Crippen molar-refractivity contribution in [1.82, 2.24) is 24.7 Å². The first kappa shape index (κ1) is 21.3. The Hall–Kier alpha value is -3.53. The molecule has 0 radical (unpaired) electrons. The van der Waals surface area contributed by atoms with Crippen LogP contribution < -0.4 is 20.9 Å². The second-order valence-electron chi connectivity index (χ2n) is 8.70. The molecule has 2 fully saturated rings. The summed E-state index contributed by atoms with van der Waals surface area (Å²) in [6, 6.07) is 3.82. The lowest BCUT2D eigenvalue weighted by atomic mass is 10.1. The third-order valence-electron chi connectivity index (χ3n) is 6.01. The molecule has 2 amide bonds. The highest BCUT2D eigenvalue weighted by Crippen LogP contribution is 2.41. The number of anilines is 3. The number of likely N-dealkylation sites (N-methyl/N-ethyl adjacent to an activating group) is 1. The molecule has 0 bridgehead atoms. The van der Waals surface area contributed by atoms with Crippen molar-refractivity contribution >= 4 is 35.3 Å². The van der Waals surface area contributed by atoms with E-state index in [9.17, 15) is 9.59 Å². The lowest BCUT2D eigenvalue weighted by Gasteiger charge is -2.19. The first-order valence-electron chi connectivity index (χ1n) is 11.4. The van der Waals surface area contributed by atoms with Crippen molar-refractivity contribution in [3.8, 4) is 0 Å². The quantitative estimate of drug-likeness (QED) is 0.385. The van der Waals surface area contributed by atoms with Crippen LogP contribution in [-0.4, -0.2) is 51.8 Å². The summed E-state index contributed by atoms with van der Waals surface area (Å²) >= 11 is 0. The molecule has 5 rings (SSSR count). The highest BCUT2D eigenvalue weighted by Gasteiger charge is 2.30. The Morgan fingerprint density at radius 1 is 1.18 bits per heavy atom. The Kier molecular flexibility index (Phi) is 5.91. The molecule has 2 aliphatic rings. The fraction of sp³-hybridized carbons (Fsp3) is 0.435. The van der Waals surface area contributed by atoms with Gasteiger partial charge in [0.15, 0.2) is 5.65 Å². The minimum atomic E-state index is 0.0111. The van der Waals surface area contributed by atoms with Crippen LogP contribution in [0.15, 0.2) is 30.9 Å². The predicted octanol–water partition coefficient (Wildman–Crippen LogP) is 2.14. The van der Waals surface area contributed by atoms with Crippen LogP contribution in [-0.2, 0) is 16.1 Å². The number of pyridine rings is 1. The van der Waals surface area contributed by atoms with Crippen LogP contribution in [0.1, 0.15) is 42.9 Å². The van der Waals surface area contributed by atoms with Gasteiger partial charge in [-0.3, -0.25) is 9.59 Å². The molecule has 10 heteroatoms. The third kappa shape index (κ3) is 4.95. The number of hydrogen-bond acceptors (Lipinski definition) is 7. The van der Waals surface area contributed by atoms with Crippen molar-refractivity contribution in [2.24, 2.45) is 5.92 Å². The minimum absolute atomic E-state index is 0.0111. The van der Waals surface area contributed by atoms with Gasteiger partial charge in [-0.05, 0) is 50.3 Å². The van der Waals surface area contributed by atoms with Crippen molar-refractivity contribution in [3.63, 3.8) is 0 Å². The van der Waals surface area contributed by atoms with E-state index in [1.165, 1.54) is 24.7 Å². The van der Waals surface area contributed by atoms with Crippen molar-refractivity contribution in [2.75, 3.05) is 35.7 Å². The molecule has 0 unspecified atom stereocenters. The molecule has 3 heterocycles. The number of imidazole rings is 1. The Morgan fingerprint density at radius 3 is 2.73 bits per heavy atom. The number of hydrogen-bond donors (Lipinski definition) is 3. The molecule has 0 saturated heterocycles. The Morgan fingerprint density at radius 2 is 2.00 bits per heavy atom. The SMILES string of the molecule is CNCCN(C=O)c1cc(C2CC2)cn2cc(CNc3cc(NC(=O)C4CC4)ncn3)nc12. The van der Waals surface area contributed by atoms with Gasteiger partial charge in [-0.25, -0.2) is 15.0 Å². The van der Waals surface area contributed by atoms with Crippen LogP contribution in [0, 0.1) is 5.92 Å². The van der Waals surface area contributed by atoms with Gasteiger partial charge in [-0.1, -0.05) is 0 Å². The van der Waals surface area contributed by atoms with Gasteiger partial charge >= 0.3 is 0 Å². The van der Waals surface area contributed by atoms with E-state index >= 15 is 0 Å². The Balaban J connectivity index is 1.35. The molecule has 0 aliphatic heterocycles. The van der Waals surface area contributed by atoms with Gasteiger partial charge < -0.3 is 25.3 Å². The lowest BCUT2D eigenvalue weighted by Crippen LogP contribution is -2.30. The van der Waals surface area contributed by atoms with E-state index in [2.05, 4.69) is 38.2 Å². The van der Waals surface area contributed by atoms with Gasteiger partial charge in [-0.2, -0.15) is 0 Å². The molecule has 3 aromatic rings. The minimum Gasteiger partial charge on any atom is -0.364 e. The zero-order chi connectivity index (χ0) is 22.8. The van der Waals surface area contributed by atoms with E-state index in [1.807, 2.05) is 17.6 Å². The topological polar surface area (TPSA) is 117 Å². The molecule has 172 valence electrons. The van der Waals surface area contributed by atoms with Gasteiger partial charge in [0.2, 0.25) is 12.3 Å². The normalized spacial score (nSPS) is 15.4. The largest absolute Gasteiger partial charge is 0.364 e. The number of fused-ring (bicyclic) bond motifs is 1. The summed E-state index contributed by atoms with van der Waals surface area (Å²) < 4.78 is 2.01. The highest BCUT2D eigenvalue weighted by molar-refractivity contribution is 5.93. The van der Waals surface area contributed by atoms with Gasteiger partial charge in [0, 0.05) is 37.5 Å². The smallest absolute Gasteiger partial charge is 0.228 e. The van der Waals surface area contributed by atoms with Gasteiger partial charge in [-0.15, -0.1) is 0 Å². The molecule has 0 spiro atoms. The van der Waals surface area contributed by atoms with Crippen LogP contribution in [0.4, 0.5) is 17.3 Å². The first-order chi connectivity index (χ1) is 16.1. The zero-order valence-electron chi connectivity index (χ0n) is 18.6. The maximum absolute atomic E-state index is 12.0. The maximum Gasteiger partial charge on any atom is 0.228 e. The fourth-order valence-electron chi connectivity index (χ4n) is 3.83. The number of nitrogens with zero attached hydrogens (tertiary/aromatic N) is 5. The number of carbonyl (C=O) groups is 2. The van der Waals surface area contributed by atoms with E-state index in [-0.39, 0.29) is 11.8 Å². The van der Waals surface area contributed by atoms with Crippen molar-refractivity contribution < 1.29 is 9.59 Å². The van der Waals surface area contributed by atoms with E-state index in [4.69, 9.17) is 4.98 Å². The van der Waals surface area contributed by atoms with Gasteiger partial charge in [0.1, 0.15) is 18.0 Å². The van der Waals surface area contributed by atoms with Crippen molar-refractivity contribution in [1.29, 1.82) is 0 Å². The second-order valence-corrected chi connectivity index (χ2v) is 8.70. The maximum atomic E-state index is 12.0. The standard InChI is InChI=1S/C23H28N8O2/c1-24-6-7-30(14-32)19-8-17(15-2-3-15)11-31-12-18(28-22(19)31)10-25-20-9-21(27-13-26-20)29-23(33)16-4-5-16/h8-9,11-16,24H,2-7,10H2,1H3,(H2,25,26,27,29,33). The summed E-state index contributed by atoms with van der Waals surface area (Å²) in [6.45, 7) is 1.71. The van der Waals surface area contributed by atoms with Gasteiger partial charge in [0.05, 0.1) is 17.9 Å². The highest BCUT2D eigenvalue weighted by atomic mass is 16.2. The summed E-state index contributed by atoms with van der Waals surface area (Å²) in [7, 11) is 1.87. The number of rotatable bonds is 11. The molecule has 3 aromatic heterocycles. The molecule has 10 nitrogen and oxygen atoms in total.